The number of methoxy groups -OCH3 is 1. The highest BCUT2D eigenvalue weighted by Gasteiger charge is 2.34. The maximum Gasteiger partial charge on any atom is 0.247 e. The van der Waals surface area contributed by atoms with Gasteiger partial charge in [0, 0.05) is 23.6 Å². The molecule has 2 N–H and O–H groups in total. The van der Waals surface area contributed by atoms with E-state index in [9.17, 15) is 8.42 Å². The molecule has 1 unspecified atom stereocenters. The van der Waals surface area contributed by atoms with Gasteiger partial charge in [-0.1, -0.05) is 22.4 Å². The molecule has 0 saturated carbocycles. The molecule has 1 heterocycles. The fraction of sp³-hybridized carbons (Fsp3) is 0.538. The van der Waals surface area contributed by atoms with Crippen molar-refractivity contribution in [1.29, 1.82) is 0 Å². The van der Waals surface area contributed by atoms with Gasteiger partial charge in [-0.15, -0.1) is 12.4 Å². The molecule has 1 aromatic carbocycles. The minimum absolute atomic E-state index is 0. The third-order valence-electron chi connectivity index (χ3n) is 3.56. The molecule has 0 aliphatic carbocycles. The zero-order valence-electron chi connectivity index (χ0n) is 11.8. The first kappa shape index (κ1) is 18.7. The van der Waals surface area contributed by atoms with Crippen molar-refractivity contribution in [1.82, 2.24) is 4.31 Å². The molecule has 1 aromatic rings. The van der Waals surface area contributed by atoms with Crippen molar-refractivity contribution < 1.29 is 13.2 Å². The summed E-state index contributed by atoms with van der Waals surface area (Å²) in [6.45, 7) is 0.857. The summed E-state index contributed by atoms with van der Waals surface area (Å²) in [7, 11) is -2.12. The summed E-state index contributed by atoms with van der Waals surface area (Å²) in [5, 5.41) is 0. The van der Waals surface area contributed by atoms with Crippen LogP contribution in [0.25, 0.3) is 0 Å². The van der Waals surface area contributed by atoms with E-state index in [0.29, 0.717) is 23.3 Å². The maximum atomic E-state index is 12.9. The Kier molecular flexibility index (Phi) is 6.93. The van der Waals surface area contributed by atoms with Gasteiger partial charge < -0.3 is 10.5 Å². The van der Waals surface area contributed by atoms with Crippen molar-refractivity contribution in [3.05, 3.63) is 22.7 Å². The van der Waals surface area contributed by atoms with E-state index in [2.05, 4.69) is 15.9 Å². The Morgan fingerprint density at radius 1 is 1.43 bits per heavy atom. The van der Waals surface area contributed by atoms with Gasteiger partial charge in [0.15, 0.2) is 0 Å². The van der Waals surface area contributed by atoms with Crippen LogP contribution in [-0.2, 0) is 10.0 Å². The standard InChI is InChI=1S/C13H19BrN2O3S.ClH/c1-19-12-6-5-10(14)8-13(12)20(17,18)16-7-3-2-4-11(16)9-15;/h5-6,8,11H,2-4,7,9,15H2,1H3;1H. The second-order valence-corrected chi connectivity index (χ2v) is 7.57. The monoisotopic (exact) mass is 398 g/mol. The second kappa shape index (κ2) is 7.78. The van der Waals surface area contributed by atoms with Crippen molar-refractivity contribution in [2.24, 2.45) is 5.73 Å². The molecule has 21 heavy (non-hydrogen) atoms. The zero-order valence-corrected chi connectivity index (χ0v) is 15.0. The molecule has 1 saturated heterocycles. The van der Waals surface area contributed by atoms with Crippen LogP contribution >= 0.6 is 28.3 Å². The van der Waals surface area contributed by atoms with Crippen molar-refractivity contribution in [2.45, 2.75) is 30.2 Å². The fourth-order valence-electron chi connectivity index (χ4n) is 2.50. The maximum absolute atomic E-state index is 12.9. The van der Waals surface area contributed by atoms with Gasteiger partial charge in [-0.25, -0.2) is 8.42 Å². The van der Waals surface area contributed by atoms with E-state index >= 15 is 0 Å². The first-order valence-corrected chi connectivity index (χ1v) is 8.79. The molecule has 1 fully saturated rings. The number of hydrogen-bond acceptors (Lipinski definition) is 4. The Bertz CT molecular complexity index is 583. The highest BCUT2D eigenvalue weighted by atomic mass is 79.9. The number of hydrogen-bond donors (Lipinski definition) is 1. The molecule has 0 aromatic heterocycles. The lowest BCUT2D eigenvalue weighted by Crippen LogP contribution is -2.47. The summed E-state index contributed by atoms with van der Waals surface area (Å²) in [5.41, 5.74) is 5.72. The van der Waals surface area contributed by atoms with E-state index in [1.54, 1.807) is 18.2 Å². The second-order valence-electron chi connectivity index (χ2n) is 4.80. The summed E-state index contributed by atoms with van der Waals surface area (Å²) in [5.74, 6) is 0.356. The molecular weight excluding hydrogens is 380 g/mol. The van der Waals surface area contributed by atoms with Crippen LogP contribution in [0.1, 0.15) is 19.3 Å². The molecule has 1 aliphatic heterocycles. The molecule has 0 spiro atoms. The van der Waals surface area contributed by atoms with Gasteiger partial charge in [0.2, 0.25) is 10.0 Å². The SMILES string of the molecule is COc1ccc(Br)cc1S(=O)(=O)N1CCCCC1CN.Cl. The molecule has 2 rings (SSSR count). The average Bonchev–Trinajstić information content (AvgIpc) is 2.47. The highest BCUT2D eigenvalue weighted by molar-refractivity contribution is 9.10. The Balaban J connectivity index is 0.00000220. The summed E-state index contributed by atoms with van der Waals surface area (Å²) < 4.78 is 33.1. The predicted octanol–water partition coefficient (Wildman–Crippen LogP) is 2.38. The highest BCUT2D eigenvalue weighted by Crippen LogP contribution is 2.32. The lowest BCUT2D eigenvalue weighted by atomic mass is 10.1. The molecule has 1 atom stereocenters. The van der Waals surface area contributed by atoms with Gasteiger partial charge in [-0.05, 0) is 31.0 Å². The Morgan fingerprint density at radius 2 is 2.14 bits per heavy atom. The van der Waals surface area contributed by atoms with E-state index in [1.807, 2.05) is 0 Å². The lowest BCUT2D eigenvalue weighted by molar-refractivity contribution is 0.256. The summed E-state index contributed by atoms with van der Waals surface area (Å²) in [4.78, 5) is 0.190. The van der Waals surface area contributed by atoms with E-state index in [4.69, 9.17) is 10.5 Å². The van der Waals surface area contributed by atoms with Gasteiger partial charge in [0.05, 0.1) is 7.11 Å². The number of ether oxygens (including phenoxy) is 1. The van der Waals surface area contributed by atoms with Crippen LogP contribution in [0.4, 0.5) is 0 Å². The van der Waals surface area contributed by atoms with Crippen molar-refractivity contribution >= 4 is 38.4 Å². The minimum Gasteiger partial charge on any atom is -0.495 e. The van der Waals surface area contributed by atoms with Gasteiger partial charge in [0.1, 0.15) is 10.6 Å². The largest absolute Gasteiger partial charge is 0.495 e. The smallest absolute Gasteiger partial charge is 0.247 e. The van der Waals surface area contributed by atoms with Crippen LogP contribution in [-0.4, -0.2) is 39.0 Å². The summed E-state index contributed by atoms with van der Waals surface area (Å²) >= 11 is 3.31. The van der Waals surface area contributed by atoms with Crippen LogP contribution in [0, 0.1) is 0 Å². The summed E-state index contributed by atoms with van der Waals surface area (Å²) in [6, 6.07) is 4.86. The van der Waals surface area contributed by atoms with Crippen LogP contribution in [0.15, 0.2) is 27.6 Å². The van der Waals surface area contributed by atoms with Crippen LogP contribution in [0.2, 0.25) is 0 Å². The van der Waals surface area contributed by atoms with Crippen LogP contribution in [0.3, 0.4) is 0 Å². The third-order valence-corrected chi connectivity index (χ3v) is 6.02. The Labute approximate surface area is 140 Å². The number of nitrogens with two attached hydrogens (primary N) is 1. The quantitative estimate of drug-likeness (QED) is 0.843. The van der Waals surface area contributed by atoms with Crippen molar-refractivity contribution in [2.75, 3.05) is 20.2 Å². The summed E-state index contributed by atoms with van der Waals surface area (Å²) in [6.07, 6.45) is 2.70. The van der Waals surface area contributed by atoms with Crippen LogP contribution < -0.4 is 10.5 Å². The number of rotatable bonds is 4. The lowest BCUT2D eigenvalue weighted by Gasteiger charge is -2.34. The normalized spacial score (nSPS) is 19.9. The van der Waals surface area contributed by atoms with E-state index in [-0.39, 0.29) is 23.3 Å². The molecule has 5 nitrogen and oxygen atoms in total. The first-order chi connectivity index (χ1) is 9.50. The zero-order chi connectivity index (χ0) is 14.8. The number of halogens is 2. The van der Waals surface area contributed by atoms with Gasteiger partial charge in [-0.2, -0.15) is 4.31 Å². The van der Waals surface area contributed by atoms with Gasteiger partial charge in [-0.3, -0.25) is 0 Å². The fourth-order valence-corrected chi connectivity index (χ4v) is 4.90. The molecule has 0 radical (unpaired) electrons. The number of nitrogens with zero attached hydrogens (tertiary/aromatic N) is 1. The molecule has 120 valence electrons. The number of benzene rings is 1. The third kappa shape index (κ3) is 3.90. The van der Waals surface area contributed by atoms with Crippen molar-refractivity contribution in [3.63, 3.8) is 0 Å². The van der Waals surface area contributed by atoms with Crippen LogP contribution in [0.5, 0.6) is 5.75 Å². The molecule has 0 amide bonds. The first-order valence-electron chi connectivity index (χ1n) is 6.56. The predicted molar refractivity (Wildman–Crippen MR) is 88.5 cm³/mol. The molecular formula is C13H20BrClN2O3S. The Hall–Kier alpha value is -0.340. The molecule has 0 bridgehead atoms. The Morgan fingerprint density at radius 3 is 2.76 bits per heavy atom. The topological polar surface area (TPSA) is 72.6 Å². The minimum atomic E-state index is -3.59. The average molecular weight is 400 g/mol. The number of sulfonamides is 1. The van der Waals surface area contributed by atoms with Crippen molar-refractivity contribution in [3.8, 4) is 5.75 Å². The molecule has 1 aliphatic rings. The van der Waals surface area contributed by atoms with Gasteiger partial charge in [0.25, 0.3) is 0 Å². The number of piperidine rings is 1. The molecule has 8 heteroatoms. The van der Waals surface area contributed by atoms with E-state index in [0.717, 1.165) is 19.3 Å². The van der Waals surface area contributed by atoms with E-state index in [1.165, 1.54) is 11.4 Å². The van der Waals surface area contributed by atoms with Gasteiger partial charge >= 0.3 is 0 Å². The van der Waals surface area contributed by atoms with E-state index < -0.39 is 10.0 Å².